The molecule has 0 unspecified atom stereocenters. The molecule has 8 heteroatoms. The molecular weight excluding hydrogens is 397 g/mol. The van der Waals surface area contributed by atoms with Crippen LogP contribution in [0.1, 0.15) is 28.8 Å². The average molecular weight is 423 g/mol. The van der Waals surface area contributed by atoms with Crippen LogP contribution in [0.5, 0.6) is 5.75 Å². The van der Waals surface area contributed by atoms with Crippen molar-refractivity contribution in [2.24, 2.45) is 4.99 Å². The minimum atomic E-state index is -0.429. The first-order valence-electron chi connectivity index (χ1n) is 9.96. The van der Waals surface area contributed by atoms with Gasteiger partial charge in [0.25, 0.3) is 5.91 Å². The summed E-state index contributed by atoms with van der Waals surface area (Å²) in [4.78, 5) is 18.3. The standard InChI is InChI=1S/C23H26FN5O2/c1-29(2)22(27-15-25)28-18-12-23(13-18,16-7-6-8-17(24)11-16)14-26-21(30)19-9-4-5-10-20(19)31-3/h4-11,18H,12-14H2,1-3H3,(H,26,30)(H,27,28). The molecule has 0 aliphatic heterocycles. The number of hydrogen-bond acceptors (Lipinski definition) is 4. The molecule has 3 rings (SSSR count). The summed E-state index contributed by atoms with van der Waals surface area (Å²) < 4.78 is 19.2. The molecule has 7 nitrogen and oxygen atoms in total. The Labute approximate surface area is 181 Å². The van der Waals surface area contributed by atoms with Gasteiger partial charge < -0.3 is 20.3 Å². The number of halogens is 1. The zero-order valence-electron chi connectivity index (χ0n) is 17.9. The van der Waals surface area contributed by atoms with Crippen molar-refractivity contribution >= 4 is 11.9 Å². The topological polar surface area (TPSA) is 89.7 Å². The molecule has 162 valence electrons. The van der Waals surface area contributed by atoms with Gasteiger partial charge in [-0.15, -0.1) is 4.99 Å². The average Bonchev–Trinajstić information content (AvgIpc) is 2.74. The number of rotatable bonds is 6. The van der Waals surface area contributed by atoms with E-state index in [9.17, 15) is 9.18 Å². The highest BCUT2D eigenvalue weighted by molar-refractivity contribution is 5.97. The van der Waals surface area contributed by atoms with Crippen LogP contribution in [-0.2, 0) is 5.41 Å². The van der Waals surface area contributed by atoms with Gasteiger partial charge in [-0.1, -0.05) is 24.3 Å². The Balaban J connectivity index is 1.77. The lowest BCUT2D eigenvalue weighted by atomic mass is 9.61. The fourth-order valence-electron chi connectivity index (χ4n) is 3.95. The van der Waals surface area contributed by atoms with Gasteiger partial charge in [-0.25, -0.2) is 4.39 Å². The molecule has 1 amide bonds. The lowest BCUT2D eigenvalue weighted by molar-refractivity contribution is 0.0912. The number of amides is 1. The third-order valence-corrected chi connectivity index (χ3v) is 5.56. The summed E-state index contributed by atoms with van der Waals surface area (Å²) in [5, 5.41) is 15.1. The maximum absolute atomic E-state index is 14.0. The van der Waals surface area contributed by atoms with E-state index in [2.05, 4.69) is 15.6 Å². The van der Waals surface area contributed by atoms with Crippen LogP contribution in [0.15, 0.2) is 53.5 Å². The number of nitrogens with zero attached hydrogens (tertiary/aromatic N) is 3. The molecule has 0 radical (unpaired) electrons. The second kappa shape index (κ2) is 9.47. The van der Waals surface area contributed by atoms with E-state index in [4.69, 9.17) is 10.00 Å². The monoisotopic (exact) mass is 423 g/mol. The zero-order chi connectivity index (χ0) is 22.4. The molecule has 0 aromatic heterocycles. The number of hydrogen-bond donors (Lipinski definition) is 2. The van der Waals surface area contributed by atoms with Crippen molar-refractivity contribution in [1.82, 2.24) is 15.5 Å². The molecule has 0 atom stereocenters. The number of nitrogens with one attached hydrogen (secondary N) is 2. The van der Waals surface area contributed by atoms with Crippen LogP contribution in [0.2, 0.25) is 0 Å². The minimum absolute atomic E-state index is 0.0425. The molecule has 1 aliphatic rings. The van der Waals surface area contributed by atoms with Crippen LogP contribution in [0, 0.1) is 17.3 Å². The first-order chi connectivity index (χ1) is 14.9. The number of carbonyl (C=O) groups is 1. The first-order valence-corrected chi connectivity index (χ1v) is 9.96. The van der Waals surface area contributed by atoms with Crippen molar-refractivity contribution < 1.29 is 13.9 Å². The molecule has 0 spiro atoms. The number of para-hydroxylation sites is 1. The molecule has 2 N–H and O–H groups in total. The maximum atomic E-state index is 14.0. The van der Waals surface area contributed by atoms with Crippen molar-refractivity contribution in [3.63, 3.8) is 0 Å². The van der Waals surface area contributed by atoms with Gasteiger partial charge in [0, 0.05) is 32.1 Å². The fourth-order valence-corrected chi connectivity index (χ4v) is 3.95. The Kier molecular flexibility index (Phi) is 6.75. The molecule has 0 saturated heterocycles. The molecule has 0 bridgehead atoms. The Hall–Kier alpha value is -3.60. The van der Waals surface area contributed by atoms with Gasteiger partial charge in [0.05, 0.1) is 12.7 Å². The van der Waals surface area contributed by atoms with Gasteiger partial charge in [0.15, 0.2) is 0 Å². The molecule has 1 saturated carbocycles. The lowest BCUT2D eigenvalue weighted by Crippen LogP contribution is -2.59. The van der Waals surface area contributed by atoms with Gasteiger partial charge in [0.2, 0.25) is 12.2 Å². The summed E-state index contributed by atoms with van der Waals surface area (Å²) in [6, 6.07) is 13.5. The minimum Gasteiger partial charge on any atom is -0.496 e. The van der Waals surface area contributed by atoms with E-state index in [1.165, 1.54) is 19.2 Å². The van der Waals surface area contributed by atoms with Gasteiger partial charge in [-0.3, -0.25) is 4.79 Å². The SMILES string of the molecule is COc1ccccc1C(=O)NCC1(c2cccc(F)c2)CC(N/C(=N/C#N)N(C)C)C1. The number of carbonyl (C=O) groups excluding carboxylic acids is 1. The van der Waals surface area contributed by atoms with E-state index in [0.717, 1.165) is 5.56 Å². The molecular formula is C23H26FN5O2. The number of nitriles is 1. The van der Waals surface area contributed by atoms with Gasteiger partial charge in [-0.05, 0) is 42.7 Å². The van der Waals surface area contributed by atoms with E-state index in [1.54, 1.807) is 55.5 Å². The Morgan fingerprint density at radius 3 is 2.68 bits per heavy atom. The molecule has 2 aromatic carbocycles. The molecule has 0 heterocycles. The predicted molar refractivity (Wildman–Crippen MR) is 116 cm³/mol. The smallest absolute Gasteiger partial charge is 0.255 e. The van der Waals surface area contributed by atoms with Crippen LogP contribution in [0.25, 0.3) is 0 Å². The second-order valence-corrected chi connectivity index (χ2v) is 7.85. The highest BCUT2D eigenvalue weighted by Gasteiger charge is 2.46. The quantitative estimate of drug-likeness (QED) is 0.424. The number of aliphatic imine (C=N–C) groups is 1. The lowest BCUT2D eigenvalue weighted by Gasteiger charge is -2.49. The summed E-state index contributed by atoms with van der Waals surface area (Å²) in [6.07, 6.45) is 3.10. The predicted octanol–water partition coefficient (Wildman–Crippen LogP) is 2.65. The van der Waals surface area contributed by atoms with Crippen molar-refractivity contribution in [3.05, 3.63) is 65.5 Å². The van der Waals surface area contributed by atoms with Crippen molar-refractivity contribution in [2.75, 3.05) is 27.7 Å². The second-order valence-electron chi connectivity index (χ2n) is 7.85. The van der Waals surface area contributed by atoms with Gasteiger partial charge in [-0.2, -0.15) is 5.26 Å². The molecule has 1 aliphatic carbocycles. The fraction of sp³-hybridized carbons (Fsp3) is 0.348. The number of ether oxygens (including phenoxy) is 1. The normalized spacial score (nSPS) is 20.2. The first kappa shape index (κ1) is 22.1. The summed E-state index contributed by atoms with van der Waals surface area (Å²) in [5.41, 5.74) is 0.848. The Bertz CT molecular complexity index is 1010. The van der Waals surface area contributed by atoms with Gasteiger partial charge in [0.1, 0.15) is 11.6 Å². The van der Waals surface area contributed by atoms with E-state index < -0.39 is 5.41 Å². The van der Waals surface area contributed by atoms with Crippen molar-refractivity contribution in [3.8, 4) is 11.9 Å². The van der Waals surface area contributed by atoms with Crippen molar-refractivity contribution in [2.45, 2.75) is 24.3 Å². The van der Waals surface area contributed by atoms with E-state index in [1.807, 2.05) is 6.07 Å². The summed E-state index contributed by atoms with van der Waals surface area (Å²) in [6.45, 7) is 0.345. The van der Waals surface area contributed by atoms with Gasteiger partial charge >= 0.3 is 0 Å². The van der Waals surface area contributed by atoms with E-state index in [-0.39, 0.29) is 17.8 Å². The number of guanidine groups is 1. The third-order valence-electron chi connectivity index (χ3n) is 5.56. The number of methoxy groups -OCH3 is 1. The zero-order valence-corrected chi connectivity index (χ0v) is 17.9. The third kappa shape index (κ3) is 4.94. The van der Waals surface area contributed by atoms with Crippen LogP contribution in [0.4, 0.5) is 4.39 Å². The largest absolute Gasteiger partial charge is 0.496 e. The maximum Gasteiger partial charge on any atom is 0.255 e. The van der Waals surface area contributed by atoms with Crippen LogP contribution < -0.4 is 15.4 Å². The highest BCUT2D eigenvalue weighted by atomic mass is 19.1. The summed E-state index contributed by atoms with van der Waals surface area (Å²) in [5.74, 6) is 0.406. The van der Waals surface area contributed by atoms with Crippen molar-refractivity contribution in [1.29, 1.82) is 5.26 Å². The van der Waals surface area contributed by atoms with Crippen LogP contribution >= 0.6 is 0 Å². The Morgan fingerprint density at radius 2 is 2.03 bits per heavy atom. The molecule has 2 aromatic rings. The Morgan fingerprint density at radius 1 is 1.29 bits per heavy atom. The van der Waals surface area contributed by atoms with Crippen LogP contribution in [-0.4, -0.2) is 50.6 Å². The molecule has 31 heavy (non-hydrogen) atoms. The van der Waals surface area contributed by atoms with E-state index in [0.29, 0.717) is 36.7 Å². The van der Waals surface area contributed by atoms with Crippen LogP contribution in [0.3, 0.4) is 0 Å². The summed E-state index contributed by atoms with van der Waals surface area (Å²) >= 11 is 0. The van der Waals surface area contributed by atoms with E-state index >= 15 is 0 Å². The number of benzene rings is 2. The summed E-state index contributed by atoms with van der Waals surface area (Å²) in [7, 11) is 5.12. The molecule has 1 fully saturated rings. The highest BCUT2D eigenvalue weighted by Crippen LogP contribution is 2.44.